The van der Waals surface area contributed by atoms with Gasteiger partial charge in [0.2, 0.25) is 0 Å². The second kappa shape index (κ2) is 9.15. The maximum atomic E-state index is 12.9. The van der Waals surface area contributed by atoms with Gasteiger partial charge in [-0.1, -0.05) is 48.6 Å². The molecule has 4 rings (SSSR count). The summed E-state index contributed by atoms with van der Waals surface area (Å²) in [5, 5.41) is 2.63. The predicted octanol–water partition coefficient (Wildman–Crippen LogP) is 4.08. The lowest BCUT2D eigenvalue weighted by molar-refractivity contribution is -0.199. The number of nitrogens with zero attached hydrogens (tertiary/aromatic N) is 2. The highest BCUT2D eigenvalue weighted by molar-refractivity contribution is 5.98. The zero-order chi connectivity index (χ0) is 23.4. The molecule has 168 valence electrons. The largest absolute Gasteiger partial charge is 0.493 e. The molecule has 9 heteroatoms. The smallest absolute Gasteiger partial charge is 0.352 e. The molecule has 0 unspecified atom stereocenters. The normalized spacial score (nSPS) is 13.8. The molecular weight excluding hydrogens is 435 g/mol. The van der Waals surface area contributed by atoms with Crippen LogP contribution in [0.5, 0.6) is 0 Å². The highest BCUT2D eigenvalue weighted by Gasteiger charge is 2.43. The number of amides is 1. The van der Waals surface area contributed by atoms with Gasteiger partial charge < -0.3 is 10.2 Å². The molecule has 1 amide bonds. The van der Waals surface area contributed by atoms with Gasteiger partial charge in [0.05, 0.1) is 22.6 Å². The third kappa shape index (κ3) is 5.03. The number of pyridine rings is 1. The minimum atomic E-state index is -5.18. The number of rotatable bonds is 5. The van der Waals surface area contributed by atoms with Crippen LogP contribution in [0, 0.1) is 0 Å². The molecule has 0 spiro atoms. The van der Waals surface area contributed by atoms with E-state index >= 15 is 0 Å². The van der Waals surface area contributed by atoms with Crippen molar-refractivity contribution in [1.82, 2.24) is 15.0 Å². The van der Waals surface area contributed by atoms with Crippen LogP contribution in [0.1, 0.15) is 27.3 Å². The fraction of sp³-hybridized carbons (Fsp3) is 0.125. The van der Waals surface area contributed by atoms with Gasteiger partial charge in [-0.05, 0) is 29.8 Å². The summed E-state index contributed by atoms with van der Waals surface area (Å²) >= 11 is 0. The van der Waals surface area contributed by atoms with E-state index < -0.39 is 18.1 Å². The molecule has 0 bridgehead atoms. The second-order valence-corrected chi connectivity index (χ2v) is 7.17. The average Bonchev–Trinajstić information content (AvgIpc) is 3.17. The van der Waals surface area contributed by atoms with Crippen LogP contribution in [0.25, 0.3) is 23.4 Å². The van der Waals surface area contributed by atoms with Crippen LogP contribution in [-0.4, -0.2) is 34.3 Å². The molecule has 3 heterocycles. The highest BCUT2D eigenvalue weighted by Crippen LogP contribution is 2.29. The molecule has 33 heavy (non-hydrogen) atoms. The Kier molecular flexibility index (Phi) is 6.12. The zero-order valence-corrected chi connectivity index (χ0v) is 17.2. The molecule has 1 N–H and O–H groups in total. The van der Waals surface area contributed by atoms with Gasteiger partial charge in [-0.3, -0.25) is 9.78 Å². The summed E-state index contributed by atoms with van der Waals surface area (Å²) in [5.41, 5.74) is 2.50. The summed E-state index contributed by atoms with van der Waals surface area (Å²) in [7, 11) is 0. The van der Waals surface area contributed by atoms with Crippen molar-refractivity contribution in [3.05, 3.63) is 89.4 Å². The van der Waals surface area contributed by atoms with E-state index in [1.165, 1.54) is 12.3 Å². The van der Waals surface area contributed by atoms with E-state index in [9.17, 15) is 22.8 Å². The average molecular weight is 453 g/mol. The van der Waals surface area contributed by atoms with Crippen LogP contribution in [0.3, 0.4) is 0 Å². The van der Waals surface area contributed by atoms with Gasteiger partial charge >= 0.3 is 12.1 Å². The van der Waals surface area contributed by atoms with Crippen molar-refractivity contribution in [1.29, 1.82) is 0 Å². The van der Waals surface area contributed by atoms with Crippen molar-refractivity contribution >= 4 is 24.0 Å². The van der Waals surface area contributed by atoms with E-state index in [1.807, 2.05) is 42.5 Å². The van der Waals surface area contributed by atoms with E-state index in [-0.39, 0.29) is 29.9 Å². The number of benzene rings is 1. The molecule has 1 aliphatic rings. The maximum absolute atomic E-state index is 12.9. The zero-order valence-electron chi connectivity index (χ0n) is 17.2. The number of halogens is 3. The minimum absolute atomic E-state index is 0.145. The molecule has 0 fully saturated rings. The number of allylic oxidation sites excluding steroid dienone is 2. The van der Waals surface area contributed by atoms with Gasteiger partial charge in [0, 0.05) is 24.7 Å². The van der Waals surface area contributed by atoms with Crippen LogP contribution >= 0.6 is 0 Å². The number of nitrogens with one attached hydrogen (secondary N) is 1. The fourth-order valence-electron chi connectivity index (χ4n) is 3.38. The molecule has 0 radical (unpaired) electrons. The monoisotopic (exact) mass is 453 g/mol. The number of carbonyl (C=O) groups excluding carboxylic acids is 2. The fourth-order valence-corrected chi connectivity index (χ4v) is 3.38. The van der Waals surface area contributed by atoms with E-state index in [2.05, 4.69) is 15.1 Å². The molecule has 6 nitrogen and oxygen atoms in total. The van der Waals surface area contributed by atoms with Crippen LogP contribution in [0.15, 0.2) is 66.9 Å². The van der Waals surface area contributed by atoms with Gasteiger partial charge in [-0.2, -0.15) is 17.9 Å². The molecule has 1 aliphatic heterocycles. The second-order valence-electron chi connectivity index (χ2n) is 7.17. The number of carbonyl (C=O) groups is 2. The van der Waals surface area contributed by atoms with Crippen molar-refractivity contribution in [2.45, 2.75) is 12.6 Å². The van der Waals surface area contributed by atoms with Crippen molar-refractivity contribution in [2.75, 3.05) is 6.54 Å². The first kappa shape index (κ1) is 22.1. The topological polar surface area (TPSA) is 73.2 Å². The first-order chi connectivity index (χ1) is 15.8. The first-order valence-corrected chi connectivity index (χ1v) is 10.0. The van der Waals surface area contributed by atoms with Crippen LogP contribution in [-0.2, 0) is 11.2 Å². The minimum Gasteiger partial charge on any atom is -0.352 e. The SMILES string of the molecule is O=C1NCCc2c1cc(-c1ccnc(/C=C\C=C\c3ccccc3)c1)n2OC(=O)C(F)(F)F. The number of aromatic nitrogens is 2. The third-order valence-electron chi connectivity index (χ3n) is 4.90. The Bertz CT molecular complexity index is 1240. The quantitative estimate of drug-likeness (QED) is 0.591. The standard InChI is InChI=1S/C24H18F3N3O3/c25-24(26,27)23(32)33-30-20-11-13-29-22(31)19(20)15-21(30)17-10-12-28-18(14-17)9-5-4-8-16-6-2-1-3-7-16/h1-10,12,14-15H,11,13H2,(H,29,31)/b8-4+,9-5-. The number of fused-ring (bicyclic) bond motifs is 1. The van der Waals surface area contributed by atoms with Gasteiger partial charge in [0.25, 0.3) is 5.91 Å². The molecule has 0 atom stereocenters. The molecule has 0 saturated carbocycles. The molecule has 2 aromatic heterocycles. The van der Waals surface area contributed by atoms with E-state index in [4.69, 9.17) is 0 Å². The third-order valence-corrected chi connectivity index (χ3v) is 4.90. The molecular formula is C24H18F3N3O3. The summed E-state index contributed by atoms with van der Waals surface area (Å²) in [5.74, 6) is -2.81. The van der Waals surface area contributed by atoms with Crippen molar-refractivity contribution in [3.63, 3.8) is 0 Å². The summed E-state index contributed by atoms with van der Waals surface area (Å²) in [6.45, 7) is 0.219. The van der Waals surface area contributed by atoms with Crippen LogP contribution < -0.4 is 10.2 Å². The lowest BCUT2D eigenvalue weighted by Gasteiger charge is -2.17. The Morgan fingerprint density at radius 2 is 1.85 bits per heavy atom. The number of hydrogen-bond donors (Lipinski definition) is 1. The van der Waals surface area contributed by atoms with Crippen molar-refractivity contribution < 1.29 is 27.6 Å². The molecule has 1 aromatic carbocycles. The predicted molar refractivity (Wildman–Crippen MR) is 116 cm³/mol. The van der Waals surface area contributed by atoms with Gasteiger partial charge in [0.1, 0.15) is 0 Å². The van der Waals surface area contributed by atoms with Crippen molar-refractivity contribution in [3.8, 4) is 11.3 Å². The van der Waals surface area contributed by atoms with Gasteiger partial charge in [-0.25, -0.2) is 4.79 Å². The van der Waals surface area contributed by atoms with E-state index in [1.54, 1.807) is 24.3 Å². The Labute approximate surface area is 187 Å². The lowest BCUT2D eigenvalue weighted by Crippen LogP contribution is -2.37. The Morgan fingerprint density at radius 3 is 2.61 bits per heavy atom. The van der Waals surface area contributed by atoms with Crippen LogP contribution in [0.4, 0.5) is 13.2 Å². The number of alkyl halides is 3. The van der Waals surface area contributed by atoms with E-state index in [0.717, 1.165) is 10.3 Å². The first-order valence-electron chi connectivity index (χ1n) is 10.0. The van der Waals surface area contributed by atoms with Crippen LogP contribution in [0.2, 0.25) is 0 Å². The Morgan fingerprint density at radius 1 is 1.09 bits per heavy atom. The summed E-state index contributed by atoms with van der Waals surface area (Å²) in [6, 6.07) is 14.3. The number of hydrogen-bond acceptors (Lipinski definition) is 4. The Hall–Kier alpha value is -4.14. The molecule has 3 aromatic rings. The maximum Gasteiger partial charge on any atom is 0.493 e. The van der Waals surface area contributed by atoms with Gasteiger partial charge in [-0.15, -0.1) is 0 Å². The summed E-state index contributed by atoms with van der Waals surface area (Å²) in [6.07, 6.45) is 3.77. The summed E-state index contributed by atoms with van der Waals surface area (Å²) < 4.78 is 39.3. The van der Waals surface area contributed by atoms with Gasteiger partial charge in [0.15, 0.2) is 0 Å². The van der Waals surface area contributed by atoms with E-state index in [0.29, 0.717) is 11.3 Å². The molecule has 0 aliphatic carbocycles. The van der Waals surface area contributed by atoms with Crippen molar-refractivity contribution in [2.24, 2.45) is 0 Å². The highest BCUT2D eigenvalue weighted by atomic mass is 19.4. The Balaban J connectivity index is 1.66. The molecule has 0 saturated heterocycles. The summed E-state index contributed by atoms with van der Waals surface area (Å²) in [4.78, 5) is 32.6. The lowest BCUT2D eigenvalue weighted by atomic mass is 10.1.